The number of likely N-dealkylation sites (tertiary alicyclic amines) is 1. The molecule has 1 aromatic carbocycles. The summed E-state index contributed by atoms with van der Waals surface area (Å²) in [7, 11) is 1.77. The van der Waals surface area contributed by atoms with Gasteiger partial charge in [-0.2, -0.15) is 5.10 Å². The number of H-pyrrole nitrogens is 1. The molecule has 2 amide bonds. The number of rotatable bonds is 6. The molecule has 1 saturated heterocycles. The summed E-state index contributed by atoms with van der Waals surface area (Å²) >= 11 is 5.32. The zero-order chi connectivity index (χ0) is 22.7. The van der Waals surface area contributed by atoms with Crippen LogP contribution in [0.1, 0.15) is 29.6 Å². The Bertz CT molecular complexity index is 1250. The van der Waals surface area contributed by atoms with Gasteiger partial charge in [0.25, 0.3) is 11.5 Å². The minimum atomic E-state index is -0.180. The number of hydrogen-bond donors (Lipinski definition) is 2. The molecular formula is C22H26N6O3S. The Labute approximate surface area is 190 Å². The Balaban J connectivity index is 1.27. The fraction of sp³-hybridized carbons (Fsp3) is 0.409. The number of nitrogens with one attached hydrogen (secondary N) is 2. The fourth-order valence-electron chi connectivity index (χ4n) is 4.03. The van der Waals surface area contributed by atoms with E-state index in [4.69, 9.17) is 12.2 Å². The van der Waals surface area contributed by atoms with Crippen LogP contribution < -0.4 is 10.9 Å². The maximum Gasteiger partial charge on any atom is 0.262 e. The fourth-order valence-corrected chi connectivity index (χ4v) is 4.32. The van der Waals surface area contributed by atoms with Gasteiger partial charge in [-0.3, -0.25) is 23.6 Å². The third-order valence-electron chi connectivity index (χ3n) is 5.92. The quantitative estimate of drug-likeness (QED) is 0.553. The molecule has 1 aliphatic rings. The molecule has 0 spiro atoms. The molecule has 2 aromatic heterocycles. The first-order valence-corrected chi connectivity index (χ1v) is 11.1. The highest BCUT2D eigenvalue weighted by Crippen LogP contribution is 2.17. The van der Waals surface area contributed by atoms with Crippen molar-refractivity contribution in [3.8, 4) is 0 Å². The van der Waals surface area contributed by atoms with E-state index in [1.807, 2.05) is 17.0 Å². The number of hydrogen-bond acceptors (Lipinski definition) is 5. The van der Waals surface area contributed by atoms with Gasteiger partial charge in [0.2, 0.25) is 5.91 Å². The molecule has 10 heteroatoms. The van der Waals surface area contributed by atoms with Crippen molar-refractivity contribution in [1.82, 2.24) is 29.5 Å². The number of aromatic nitrogens is 4. The summed E-state index contributed by atoms with van der Waals surface area (Å²) in [6.07, 6.45) is 5.11. The van der Waals surface area contributed by atoms with Crippen molar-refractivity contribution >= 4 is 34.9 Å². The number of fused-ring (bicyclic) bond motifs is 1. The molecule has 4 rings (SSSR count). The van der Waals surface area contributed by atoms with Gasteiger partial charge < -0.3 is 15.2 Å². The van der Waals surface area contributed by atoms with Crippen LogP contribution in [-0.4, -0.2) is 55.7 Å². The maximum atomic E-state index is 12.7. The van der Waals surface area contributed by atoms with E-state index in [0.29, 0.717) is 46.8 Å². The lowest BCUT2D eigenvalue weighted by atomic mass is 9.96. The first-order chi connectivity index (χ1) is 15.4. The monoisotopic (exact) mass is 454 g/mol. The predicted molar refractivity (Wildman–Crippen MR) is 123 cm³/mol. The van der Waals surface area contributed by atoms with Gasteiger partial charge in [-0.1, -0.05) is 12.1 Å². The van der Waals surface area contributed by atoms with Crippen molar-refractivity contribution < 1.29 is 9.59 Å². The van der Waals surface area contributed by atoms with Crippen molar-refractivity contribution in [2.75, 3.05) is 19.6 Å². The summed E-state index contributed by atoms with van der Waals surface area (Å²) < 4.78 is 3.37. The van der Waals surface area contributed by atoms with Gasteiger partial charge in [-0.25, -0.2) is 0 Å². The van der Waals surface area contributed by atoms with E-state index in [1.54, 1.807) is 36.3 Å². The van der Waals surface area contributed by atoms with Crippen LogP contribution in [-0.2, 0) is 18.4 Å². The summed E-state index contributed by atoms with van der Waals surface area (Å²) in [4.78, 5) is 42.5. The van der Waals surface area contributed by atoms with Gasteiger partial charge in [0, 0.05) is 45.8 Å². The van der Waals surface area contributed by atoms with Crippen molar-refractivity contribution in [2.24, 2.45) is 13.0 Å². The molecule has 1 aliphatic heterocycles. The highest BCUT2D eigenvalue weighted by Gasteiger charge is 2.23. The van der Waals surface area contributed by atoms with E-state index in [0.717, 1.165) is 12.8 Å². The van der Waals surface area contributed by atoms with Crippen LogP contribution in [0.3, 0.4) is 0 Å². The molecule has 32 heavy (non-hydrogen) atoms. The number of carbonyl (C=O) groups is 2. The molecule has 0 bridgehead atoms. The smallest absolute Gasteiger partial charge is 0.262 e. The number of aryl methyl sites for hydroxylation is 1. The molecule has 2 N–H and O–H groups in total. The van der Waals surface area contributed by atoms with Gasteiger partial charge in [-0.05, 0) is 43.1 Å². The standard InChI is InChI=1S/C22H26N6O3S/c1-26-14-16(13-24-26)20(30)23-12-15-6-9-27(10-7-15)19(29)8-11-28-21(31)17-4-2-3-5-18(17)25-22(28)32/h2-5,13-15H,6-12H2,1H3,(H,23,30)(H,25,32). The number of benzene rings is 1. The van der Waals surface area contributed by atoms with Crippen molar-refractivity contribution in [3.63, 3.8) is 0 Å². The van der Waals surface area contributed by atoms with Gasteiger partial charge in [0.1, 0.15) is 0 Å². The van der Waals surface area contributed by atoms with E-state index < -0.39 is 0 Å². The van der Waals surface area contributed by atoms with Gasteiger partial charge >= 0.3 is 0 Å². The minimum absolute atomic E-state index is 0.0114. The number of piperidine rings is 1. The van der Waals surface area contributed by atoms with Crippen LogP contribution in [0.15, 0.2) is 41.5 Å². The lowest BCUT2D eigenvalue weighted by Gasteiger charge is -2.32. The van der Waals surface area contributed by atoms with E-state index in [9.17, 15) is 14.4 Å². The second kappa shape index (κ2) is 9.47. The Kier molecular flexibility index (Phi) is 6.50. The zero-order valence-electron chi connectivity index (χ0n) is 17.9. The molecule has 0 saturated carbocycles. The Hall–Kier alpha value is -3.27. The Morgan fingerprint density at radius 2 is 2.00 bits per heavy atom. The zero-order valence-corrected chi connectivity index (χ0v) is 18.7. The van der Waals surface area contributed by atoms with E-state index in [-0.39, 0.29) is 30.3 Å². The first-order valence-electron chi connectivity index (χ1n) is 10.7. The molecule has 1 fully saturated rings. The summed E-state index contributed by atoms with van der Waals surface area (Å²) in [6.45, 7) is 2.12. The Morgan fingerprint density at radius 1 is 1.25 bits per heavy atom. The summed E-state index contributed by atoms with van der Waals surface area (Å²) in [6, 6.07) is 7.21. The number of nitrogens with zero attached hydrogens (tertiary/aromatic N) is 4. The van der Waals surface area contributed by atoms with E-state index >= 15 is 0 Å². The topological polar surface area (TPSA) is 105 Å². The molecule has 0 atom stereocenters. The predicted octanol–water partition coefficient (Wildman–Crippen LogP) is 1.85. The molecule has 168 valence electrons. The van der Waals surface area contributed by atoms with E-state index in [1.165, 1.54) is 4.57 Å². The van der Waals surface area contributed by atoms with Crippen molar-refractivity contribution in [2.45, 2.75) is 25.8 Å². The largest absolute Gasteiger partial charge is 0.352 e. The second-order valence-electron chi connectivity index (χ2n) is 8.12. The first kappa shape index (κ1) is 21.9. The summed E-state index contributed by atoms with van der Waals surface area (Å²) in [5, 5.41) is 7.52. The lowest BCUT2D eigenvalue weighted by molar-refractivity contribution is -0.132. The number of aromatic amines is 1. The third-order valence-corrected chi connectivity index (χ3v) is 6.25. The van der Waals surface area contributed by atoms with Crippen molar-refractivity contribution in [1.29, 1.82) is 0 Å². The molecule has 3 heterocycles. The molecule has 0 radical (unpaired) electrons. The lowest BCUT2D eigenvalue weighted by Crippen LogP contribution is -2.42. The van der Waals surface area contributed by atoms with Crippen LogP contribution >= 0.6 is 12.2 Å². The Morgan fingerprint density at radius 3 is 2.72 bits per heavy atom. The van der Waals surface area contributed by atoms with Crippen LogP contribution in [0.5, 0.6) is 0 Å². The van der Waals surface area contributed by atoms with Crippen LogP contribution in [0, 0.1) is 10.7 Å². The second-order valence-corrected chi connectivity index (χ2v) is 8.51. The minimum Gasteiger partial charge on any atom is -0.352 e. The van der Waals surface area contributed by atoms with Crippen molar-refractivity contribution in [3.05, 3.63) is 57.3 Å². The van der Waals surface area contributed by atoms with Crippen LogP contribution in [0.4, 0.5) is 0 Å². The average molecular weight is 455 g/mol. The van der Waals surface area contributed by atoms with Gasteiger partial charge in [0.15, 0.2) is 4.77 Å². The molecule has 0 unspecified atom stereocenters. The normalized spacial score (nSPS) is 14.6. The van der Waals surface area contributed by atoms with Crippen LogP contribution in [0.2, 0.25) is 0 Å². The summed E-state index contributed by atoms with van der Waals surface area (Å²) in [5.41, 5.74) is 1.06. The van der Waals surface area contributed by atoms with Gasteiger partial charge in [0.05, 0.1) is 22.7 Å². The SMILES string of the molecule is Cn1cc(C(=O)NCC2CCN(C(=O)CCn3c(=S)[nH]c4ccccc4c3=O)CC2)cn1. The number of carbonyl (C=O) groups excluding carboxylic acids is 2. The molecule has 9 nitrogen and oxygen atoms in total. The maximum absolute atomic E-state index is 12.7. The van der Waals surface area contributed by atoms with Crippen LogP contribution in [0.25, 0.3) is 10.9 Å². The number of amides is 2. The highest BCUT2D eigenvalue weighted by atomic mass is 32.1. The third kappa shape index (κ3) is 4.80. The average Bonchev–Trinajstić information content (AvgIpc) is 3.24. The number of para-hydroxylation sites is 1. The highest BCUT2D eigenvalue weighted by molar-refractivity contribution is 7.71. The molecular weight excluding hydrogens is 428 g/mol. The van der Waals surface area contributed by atoms with Gasteiger partial charge in [-0.15, -0.1) is 0 Å². The summed E-state index contributed by atoms with van der Waals surface area (Å²) in [5.74, 6) is 0.211. The van der Waals surface area contributed by atoms with E-state index in [2.05, 4.69) is 15.4 Å². The molecule has 0 aliphatic carbocycles. The molecule has 3 aromatic rings.